The molecule has 1 heterocycles. The van der Waals surface area contributed by atoms with Crippen molar-refractivity contribution in [1.29, 1.82) is 0 Å². The number of rotatable bonds is 9. The number of aromatic nitrogens is 1. The second-order valence-electron chi connectivity index (χ2n) is 3.69. The van der Waals surface area contributed by atoms with Crippen LogP contribution in [-0.4, -0.2) is 35.9 Å². The van der Waals surface area contributed by atoms with Gasteiger partial charge in [0.15, 0.2) is 0 Å². The van der Waals surface area contributed by atoms with Crippen molar-refractivity contribution in [1.82, 2.24) is 10.3 Å². The van der Waals surface area contributed by atoms with Gasteiger partial charge >= 0.3 is 5.97 Å². The minimum absolute atomic E-state index is 0.182. The summed E-state index contributed by atoms with van der Waals surface area (Å²) in [6, 6.07) is -0.243. The first-order valence-electron chi connectivity index (χ1n) is 6.20. The molecule has 0 saturated heterocycles. The van der Waals surface area contributed by atoms with Crippen molar-refractivity contribution in [2.45, 2.75) is 38.0 Å². The summed E-state index contributed by atoms with van der Waals surface area (Å²) in [4.78, 5) is 15.7. The Kier molecular flexibility index (Phi) is 7.52. The van der Waals surface area contributed by atoms with E-state index < -0.39 is 0 Å². The molecule has 0 bridgehead atoms. The Hall–Kier alpha value is -1.01. The number of thioether (sulfide) groups is 1. The molecular weight excluding hydrogens is 252 g/mol. The molecule has 102 valence electrons. The number of esters is 1. The van der Waals surface area contributed by atoms with Crippen LogP contribution in [0.1, 0.15) is 26.7 Å². The van der Waals surface area contributed by atoms with E-state index in [1.807, 2.05) is 6.92 Å². The topological polar surface area (TPSA) is 64.4 Å². The Morgan fingerprint density at radius 1 is 1.61 bits per heavy atom. The highest BCUT2D eigenvalue weighted by atomic mass is 32.2. The molecule has 0 amide bonds. The van der Waals surface area contributed by atoms with E-state index in [0.29, 0.717) is 18.3 Å². The number of ether oxygens (including phenoxy) is 1. The first-order valence-corrected chi connectivity index (χ1v) is 7.18. The van der Waals surface area contributed by atoms with Crippen molar-refractivity contribution >= 4 is 17.7 Å². The van der Waals surface area contributed by atoms with Crippen molar-refractivity contribution in [3.8, 4) is 0 Å². The Bertz CT molecular complexity index is 330. The van der Waals surface area contributed by atoms with Crippen molar-refractivity contribution in [3.63, 3.8) is 0 Å². The normalized spacial score (nSPS) is 12.3. The van der Waals surface area contributed by atoms with Crippen molar-refractivity contribution < 1.29 is 13.9 Å². The van der Waals surface area contributed by atoms with Crippen LogP contribution in [0.25, 0.3) is 0 Å². The lowest BCUT2D eigenvalue weighted by Gasteiger charge is -2.16. The van der Waals surface area contributed by atoms with E-state index in [9.17, 15) is 4.79 Å². The average molecular weight is 272 g/mol. The van der Waals surface area contributed by atoms with Crippen molar-refractivity contribution in [2.75, 3.05) is 18.9 Å². The van der Waals surface area contributed by atoms with Crippen LogP contribution in [0.15, 0.2) is 22.1 Å². The van der Waals surface area contributed by atoms with Crippen LogP contribution in [0.4, 0.5) is 0 Å². The first kappa shape index (κ1) is 15.0. The highest BCUT2D eigenvalue weighted by Gasteiger charge is 2.18. The highest BCUT2D eigenvalue weighted by molar-refractivity contribution is 7.99. The predicted octanol–water partition coefficient (Wildman–Crippen LogP) is 2.09. The van der Waals surface area contributed by atoms with Crippen LogP contribution < -0.4 is 5.32 Å². The number of hydrogen-bond donors (Lipinski definition) is 1. The number of carbonyl (C=O) groups excluding carboxylic acids is 1. The fraction of sp³-hybridized carbons (Fsp3) is 0.667. The van der Waals surface area contributed by atoms with Crippen LogP contribution in [0.2, 0.25) is 0 Å². The maximum atomic E-state index is 11.7. The van der Waals surface area contributed by atoms with E-state index in [1.165, 1.54) is 11.8 Å². The van der Waals surface area contributed by atoms with Gasteiger partial charge in [-0.2, -0.15) is 0 Å². The quantitative estimate of drug-likeness (QED) is 0.548. The molecule has 0 aliphatic carbocycles. The van der Waals surface area contributed by atoms with E-state index in [4.69, 9.17) is 9.15 Å². The Labute approximate surface area is 112 Å². The van der Waals surface area contributed by atoms with E-state index in [0.717, 1.165) is 18.7 Å². The summed E-state index contributed by atoms with van der Waals surface area (Å²) in [5, 5.41) is 3.83. The zero-order valence-electron chi connectivity index (χ0n) is 10.8. The standard InChI is InChI=1S/C12H20N2O3S/c1-3-6-13-10(11(15)16-4-2)5-9-18-12-14-7-8-17-12/h7-8,10,13H,3-6,9H2,1-2H3. The Morgan fingerprint density at radius 3 is 3.06 bits per heavy atom. The summed E-state index contributed by atoms with van der Waals surface area (Å²) in [6.07, 6.45) is 4.84. The van der Waals surface area contributed by atoms with Gasteiger partial charge in [0.05, 0.1) is 12.8 Å². The van der Waals surface area contributed by atoms with Crippen LogP contribution >= 0.6 is 11.8 Å². The number of oxazole rings is 1. The fourth-order valence-electron chi connectivity index (χ4n) is 1.41. The molecule has 1 N–H and O–H groups in total. The number of nitrogens with one attached hydrogen (secondary N) is 1. The van der Waals surface area contributed by atoms with Gasteiger partial charge in [-0.1, -0.05) is 18.7 Å². The molecular formula is C12H20N2O3S. The average Bonchev–Trinajstić information content (AvgIpc) is 2.86. The molecule has 1 atom stereocenters. The lowest BCUT2D eigenvalue weighted by atomic mass is 10.2. The predicted molar refractivity (Wildman–Crippen MR) is 70.6 cm³/mol. The number of nitrogens with zero attached hydrogens (tertiary/aromatic N) is 1. The molecule has 0 spiro atoms. The molecule has 0 aliphatic heterocycles. The summed E-state index contributed by atoms with van der Waals surface area (Å²) < 4.78 is 10.2. The van der Waals surface area contributed by atoms with Crippen LogP contribution in [0, 0.1) is 0 Å². The van der Waals surface area contributed by atoms with Gasteiger partial charge in [-0.05, 0) is 26.3 Å². The molecule has 1 rings (SSSR count). The maximum Gasteiger partial charge on any atom is 0.323 e. The summed E-state index contributed by atoms with van der Waals surface area (Å²) >= 11 is 1.50. The molecule has 5 nitrogen and oxygen atoms in total. The van der Waals surface area contributed by atoms with Crippen LogP contribution in [0.5, 0.6) is 0 Å². The third-order valence-corrected chi connectivity index (χ3v) is 3.14. The lowest BCUT2D eigenvalue weighted by molar-refractivity contribution is -0.145. The van der Waals surface area contributed by atoms with Gasteiger partial charge in [-0.3, -0.25) is 4.79 Å². The van der Waals surface area contributed by atoms with E-state index in [1.54, 1.807) is 12.5 Å². The van der Waals surface area contributed by atoms with Gasteiger partial charge in [0, 0.05) is 5.75 Å². The third-order valence-electron chi connectivity index (χ3n) is 2.25. The monoisotopic (exact) mass is 272 g/mol. The molecule has 0 saturated carbocycles. The van der Waals surface area contributed by atoms with Crippen LogP contribution in [0.3, 0.4) is 0 Å². The van der Waals surface area contributed by atoms with Gasteiger partial charge in [0.25, 0.3) is 5.22 Å². The summed E-state index contributed by atoms with van der Waals surface area (Å²) in [7, 11) is 0. The zero-order valence-corrected chi connectivity index (χ0v) is 11.7. The largest absolute Gasteiger partial charge is 0.465 e. The second kappa shape index (κ2) is 8.99. The summed E-state index contributed by atoms with van der Waals surface area (Å²) in [6.45, 7) is 5.11. The summed E-state index contributed by atoms with van der Waals surface area (Å²) in [5.74, 6) is 0.583. The van der Waals surface area contributed by atoms with Gasteiger partial charge in [0.2, 0.25) is 0 Å². The molecule has 0 radical (unpaired) electrons. The van der Waals surface area contributed by atoms with Gasteiger partial charge < -0.3 is 14.5 Å². The summed E-state index contributed by atoms with van der Waals surface area (Å²) in [5.41, 5.74) is 0. The lowest BCUT2D eigenvalue weighted by Crippen LogP contribution is -2.39. The molecule has 6 heteroatoms. The Balaban J connectivity index is 2.32. The molecule has 0 fully saturated rings. The number of carbonyl (C=O) groups is 1. The van der Waals surface area contributed by atoms with E-state index >= 15 is 0 Å². The first-order chi connectivity index (χ1) is 8.77. The van der Waals surface area contributed by atoms with Crippen LogP contribution in [-0.2, 0) is 9.53 Å². The minimum atomic E-state index is -0.243. The molecule has 1 unspecified atom stereocenters. The molecule has 18 heavy (non-hydrogen) atoms. The number of hydrogen-bond acceptors (Lipinski definition) is 6. The SMILES string of the molecule is CCCNC(CCSc1ncco1)C(=O)OCC. The zero-order chi connectivity index (χ0) is 13.2. The molecule has 1 aromatic rings. The van der Waals surface area contributed by atoms with Gasteiger partial charge in [0.1, 0.15) is 12.3 Å². The minimum Gasteiger partial charge on any atom is -0.465 e. The van der Waals surface area contributed by atoms with E-state index in [-0.39, 0.29) is 12.0 Å². The maximum absolute atomic E-state index is 11.7. The molecule has 1 aromatic heterocycles. The van der Waals surface area contributed by atoms with Gasteiger partial charge in [-0.15, -0.1) is 0 Å². The molecule has 0 aliphatic rings. The van der Waals surface area contributed by atoms with Gasteiger partial charge in [-0.25, -0.2) is 4.98 Å². The fourth-order valence-corrected chi connectivity index (χ4v) is 2.20. The smallest absolute Gasteiger partial charge is 0.323 e. The Morgan fingerprint density at radius 2 is 2.44 bits per heavy atom. The molecule has 0 aromatic carbocycles. The highest BCUT2D eigenvalue weighted by Crippen LogP contribution is 2.16. The third kappa shape index (κ3) is 5.55. The van der Waals surface area contributed by atoms with Crippen molar-refractivity contribution in [3.05, 3.63) is 12.5 Å². The second-order valence-corrected chi connectivity index (χ2v) is 4.74. The van der Waals surface area contributed by atoms with E-state index in [2.05, 4.69) is 17.2 Å². The van der Waals surface area contributed by atoms with Crippen molar-refractivity contribution in [2.24, 2.45) is 0 Å².